The molecule has 0 aliphatic carbocycles. The lowest BCUT2D eigenvalue weighted by Gasteiger charge is -2.07. The Morgan fingerprint density at radius 1 is 1.33 bits per heavy atom. The van der Waals surface area contributed by atoms with E-state index in [1.807, 2.05) is 0 Å². The van der Waals surface area contributed by atoms with E-state index in [4.69, 9.17) is 10.5 Å². The fraction of sp³-hybridized carbons (Fsp3) is 0.167. The molecular formula is C12H14N4O2. The molecule has 2 aromatic rings. The van der Waals surface area contributed by atoms with Gasteiger partial charge in [0.15, 0.2) is 0 Å². The number of hydrogen-bond donors (Lipinski definition) is 3. The van der Waals surface area contributed by atoms with Crippen molar-refractivity contribution in [3.8, 4) is 5.75 Å². The number of H-pyrrole nitrogens is 1. The summed E-state index contributed by atoms with van der Waals surface area (Å²) in [6.07, 6.45) is 1.53. The van der Waals surface area contributed by atoms with Gasteiger partial charge in [0.2, 0.25) is 0 Å². The third-order valence-corrected chi connectivity index (χ3v) is 2.28. The highest BCUT2D eigenvalue weighted by atomic mass is 16.5. The molecule has 0 radical (unpaired) electrons. The van der Waals surface area contributed by atoms with Gasteiger partial charge in [0.25, 0.3) is 5.91 Å². The number of nitrogen functional groups attached to an aromatic ring is 1. The van der Waals surface area contributed by atoms with Gasteiger partial charge in [-0.2, -0.15) is 5.10 Å². The predicted molar refractivity (Wildman–Crippen MR) is 67.3 cm³/mol. The molecule has 0 spiro atoms. The zero-order valence-electron chi connectivity index (χ0n) is 9.72. The number of aromatic amines is 1. The molecule has 1 aromatic carbocycles. The number of nitrogens with one attached hydrogen (secondary N) is 2. The molecule has 94 valence electrons. The molecule has 6 nitrogen and oxygen atoms in total. The van der Waals surface area contributed by atoms with Crippen LogP contribution in [-0.4, -0.2) is 29.3 Å². The van der Waals surface area contributed by atoms with E-state index >= 15 is 0 Å². The minimum atomic E-state index is -0.201. The van der Waals surface area contributed by atoms with Gasteiger partial charge in [-0.3, -0.25) is 9.89 Å². The van der Waals surface area contributed by atoms with Crippen molar-refractivity contribution in [3.05, 3.63) is 42.2 Å². The Kier molecular flexibility index (Phi) is 3.80. The number of hydrogen-bond acceptors (Lipinski definition) is 4. The van der Waals surface area contributed by atoms with Gasteiger partial charge in [-0.15, -0.1) is 0 Å². The number of rotatable bonds is 5. The van der Waals surface area contributed by atoms with Crippen LogP contribution in [0.1, 0.15) is 10.5 Å². The zero-order chi connectivity index (χ0) is 12.8. The van der Waals surface area contributed by atoms with Crippen molar-refractivity contribution in [2.24, 2.45) is 0 Å². The first-order valence-corrected chi connectivity index (χ1v) is 5.51. The predicted octanol–water partition coefficient (Wildman–Crippen LogP) is 0.801. The third kappa shape index (κ3) is 3.24. The normalized spacial score (nSPS) is 10.0. The van der Waals surface area contributed by atoms with Crippen molar-refractivity contribution < 1.29 is 9.53 Å². The Labute approximate surface area is 104 Å². The van der Waals surface area contributed by atoms with Gasteiger partial charge in [0.05, 0.1) is 6.54 Å². The van der Waals surface area contributed by atoms with Crippen molar-refractivity contribution in [1.29, 1.82) is 0 Å². The summed E-state index contributed by atoms with van der Waals surface area (Å²) in [5, 5.41) is 8.99. The molecule has 18 heavy (non-hydrogen) atoms. The van der Waals surface area contributed by atoms with E-state index in [1.54, 1.807) is 30.3 Å². The quantitative estimate of drug-likeness (QED) is 0.537. The maximum absolute atomic E-state index is 11.5. The summed E-state index contributed by atoms with van der Waals surface area (Å²) in [5.41, 5.74) is 6.68. The molecule has 1 aromatic heterocycles. The van der Waals surface area contributed by atoms with Crippen molar-refractivity contribution >= 4 is 11.6 Å². The van der Waals surface area contributed by atoms with Crippen LogP contribution in [-0.2, 0) is 0 Å². The van der Waals surface area contributed by atoms with Gasteiger partial charge in [0.1, 0.15) is 18.1 Å². The Morgan fingerprint density at radius 3 is 2.78 bits per heavy atom. The number of benzene rings is 1. The Hall–Kier alpha value is -2.50. The van der Waals surface area contributed by atoms with Crippen molar-refractivity contribution in [1.82, 2.24) is 15.5 Å². The number of nitrogens with two attached hydrogens (primary N) is 1. The van der Waals surface area contributed by atoms with E-state index in [0.29, 0.717) is 24.5 Å². The van der Waals surface area contributed by atoms with Gasteiger partial charge >= 0.3 is 0 Å². The summed E-state index contributed by atoms with van der Waals surface area (Å²) in [5.74, 6) is 0.522. The van der Waals surface area contributed by atoms with Gasteiger partial charge in [0, 0.05) is 11.9 Å². The Bertz CT molecular complexity index is 493. The standard InChI is InChI=1S/C12H14N4O2/c13-9-1-3-10(4-2-9)18-8-7-14-12(17)11-5-6-15-16-11/h1-6H,7-8,13H2,(H,14,17)(H,15,16). The number of anilines is 1. The molecule has 0 atom stereocenters. The molecule has 0 saturated heterocycles. The minimum Gasteiger partial charge on any atom is -0.492 e. The molecule has 0 saturated carbocycles. The highest BCUT2D eigenvalue weighted by Gasteiger charge is 2.04. The molecule has 1 amide bonds. The second kappa shape index (κ2) is 5.72. The van der Waals surface area contributed by atoms with Crippen LogP contribution in [0, 0.1) is 0 Å². The first kappa shape index (κ1) is 12.0. The van der Waals surface area contributed by atoms with Crippen LogP contribution in [0.25, 0.3) is 0 Å². The van der Waals surface area contributed by atoms with Gasteiger partial charge in [-0.1, -0.05) is 0 Å². The van der Waals surface area contributed by atoms with Crippen LogP contribution in [0.15, 0.2) is 36.5 Å². The van der Waals surface area contributed by atoms with Gasteiger partial charge in [-0.25, -0.2) is 0 Å². The second-order valence-electron chi connectivity index (χ2n) is 3.64. The maximum Gasteiger partial charge on any atom is 0.269 e. The average molecular weight is 246 g/mol. The molecule has 0 bridgehead atoms. The van der Waals surface area contributed by atoms with E-state index in [2.05, 4.69) is 15.5 Å². The van der Waals surface area contributed by atoms with E-state index in [0.717, 1.165) is 5.75 Å². The highest BCUT2D eigenvalue weighted by molar-refractivity contribution is 5.92. The monoisotopic (exact) mass is 246 g/mol. The number of carbonyl (C=O) groups excluding carboxylic acids is 1. The lowest BCUT2D eigenvalue weighted by atomic mass is 10.3. The summed E-state index contributed by atoms with van der Waals surface area (Å²) in [7, 11) is 0. The van der Waals surface area contributed by atoms with Gasteiger partial charge < -0.3 is 15.8 Å². The highest BCUT2D eigenvalue weighted by Crippen LogP contribution is 2.12. The molecular weight excluding hydrogens is 232 g/mol. The van der Waals surface area contributed by atoms with Crippen LogP contribution in [0.3, 0.4) is 0 Å². The number of carbonyl (C=O) groups is 1. The van der Waals surface area contributed by atoms with Crippen LogP contribution in [0.5, 0.6) is 5.75 Å². The molecule has 2 rings (SSSR count). The van der Waals surface area contributed by atoms with E-state index in [-0.39, 0.29) is 5.91 Å². The Morgan fingerprint density at radius 2 is 2.11 bits per heavy atom. The van der Waals surface area contributed by atoms with Gasteiger partial charge in [-0.05, 0) is 30.3 Å². The van der Waals surface area contributed by atoms with Crippen LogP contribution in [0.2, 0.25) is 0 Å². The summed E-state index contributed by atoms with van der Waals surface area (Å²) in [6, 6.07) is 8.70. The molecule has 0 unspecified atom stereocenters. The van der Waals surface area contributed by atoms with Crippen LogP contribution >= 0.6 is 0 Å². The first-order valence-electron chi connectivity index (χ1n) is 5.51. The lowest BCUT2D eigenvalue weighted by Crippen LogP contribution is -2.28. The van der Waals surface area contributed by atoms with Crippen molar-refractivity contribution in [2.75, 3.05) is 18.9 Å². The minimum absolute atomic E-state index is 0.201. The number of amides is 1. The summed E-state index contributed by atoms with van der Waals surface area (Å²) < 4.78 is 5.43. The topological polar surface area (TPSA) is 93.0 Å². The molecule has 6 heteroatoms. The van der Waals surface area contributed by atoms with Crippen molar-refractivity contribution in [3.63, 3.8) is 0 Å². The molecule has 1 heterocycles. The summed E-state index contributed by atoms with van der Waals surface area (Å²) in [6.45, 7) is 0.812. The van der Waals surface area contributed by atoms with E-state index in [9.17, 15) is 4.79 Å². The maximum atomic E-state index is 11.5. The molecule has 0 fully saturated rings. The zero-order valence-corrected chi connectivity index (χ0v) is 9.72. The summed E-state index contributed by atoms with van der Waals surface area (Å²) >= 11 is 0. The number of aromatic nitrogens is 2. The Balaban J connectivity index is 1.70. The smallest absolute Gasteiger partial charge is 0.269 e. The first-order chi connectivity index (χ1) is 8.75. The average Bonchev–Trinajstić information content (AvgIpc) is 2.90. The molecule has 0 aliphatic rings. The second-order valence-corrected chi connectivity index (χ2v) is 3.64. The lowest BCUT2D eigenvalue weighted by molar-refractivity contribution is 0.0942. The third-order valence-electron chi connectivity index (χ3n) is 2.28. The largest absolute Gasteiger partial charge is 0.492 e. The molecule has 4 N–H and O–H groups in total. The SMILES string of the molecule is Nc1ccc(OCCNC(=O)c2ccn[nH]2)cc1. The van der Waals surface area contributed by atoms with Crippen LogP contribution < -0.4 is 15.8 Å². The summed E-state index contributed by atoms with van der Waals surface area (Å²) in [4.78, 5) is 11.5. The molecule has 0 aliphatic heterocycles. The fourth-order valence-electron chi connectivity index (χ4n) is 1.38. The van der Waals surface area contributed by atoms with E-state index in [1.165, 1.54) is 6.20 Å². The van der Waals surface area contributed by atoms with Crippen LogP contribution in [0.4, 0.5) is 5.69 Å². The fourth-order valence-corrected chi connectivity index (χ4v) is 1.38. The number of ether oxygens (including phenoxy) is 1. The number of nitrogens with zero attached hydrogens (tertiary/aromatic N) is 1. The van der Waals surface area contributed by atoms with Crippen molar-refractivity contribution in [2.45, 2.75) is 0 Å². The van der Waals surface area contributed by atoms with E-state index < -0.39 is 0 Å².